The van der Waals surface area contributed by atoms with Gasteiger partial charge in [-0.15, -0.1) is 10.2 Å². The van der Waals surface area contributed by atoms with E-state index in [0.717, 1.165) is 28.0 Å². The molecule has 0 spiro atoms. The molecular weight excluding hydrogens is 342 g/mol. The fourth-order valence-electron chi connectivity index (χ4n) is 2.04. The highest BCUT2D eigenvalue weighted by Crippen LogP contribution is 2.21. The first-order valence-electron chi connectivity index (χ1n) is 7.72. The van der Waals surface area contributed by atoms with Crippen LogP contribution in [0.25, 0.3) is 0 Å². The molecule has 0 aliphatic heterocycles. The van der Waals surface area contributed by atoms with Gasteiger partial charge in [0.05, 0.1) is 12.0 Å². The Kier molecular flexibility index (Phi) is 7.20. The Morgan fingerprint density at radius 1 is 1.29 bits per heavy atom. The highest BCUT2D eigenvalue weighted by molar-refractivity contribution is 8.01. The minimum atomic E-state index is -0.163. The topological polar surface area (TPSA) is 70.5 Å². The van der Waals surface area contributed by atoms with Crippen LogP contribution in [-0.4, -0.2) is 41.2 Å². The molecule has 0 saturated heterocycles. The maximum atomic E-state index is 11.7. The van der Waals surface area contributed by atoms with Crippen molar-refractivity contribution in [2.45, 2.75) is 25.1 Å². The van der Waals surface area contributed by atoms with E-state index in [2.05, 4.69) is 51.6 Å². The van der Waals surface area contributed by atoms with Crippen molar-refractivity contribution in [1.82, 2.24) is 15.6 Å². The summed E-state index contributed by atoms with van der Waals surface area (Å²) in [4.78, 5) is 14.0. The van der Waals surface area contributed by atoms with Gasteiger partial charge in [-0.1, -0.05) is 35.2 Å². The van der Waals surface area contributed by atoms with E-state index in [4.69, 9.17) is 0 Å². The van der Waals surface area contributed by atoms with E-state index >= 15 is 0 Å². The second kappa shape index (κ2) is 9.39. The summed E-state index contributed by atoms with van der Waals surface area (Å²) in [7, 11) is 0. The van der Waals surface area contributed by atoms with Gasteiger partial charge in [-0.05, 0) is 38.5 Å². The quantitative estimate of drug-likeness (QED) is 0.444. The number of hydrogen-bond acceptors (Lipinski definition) is 7. The molecule has 0 fully saturated rings. The van der Waals surface area contributed by atoms with Gasteiger partial charge in [-0.3, -0.25) is 4.79 Å². The van der Waals surface area contributed by atoms with Crippen LogP contribution in [0.1, 0.15) is 24.4 Å². The van der Waals surface area contributed by atoms with Gasteiger partial charge < -0.3 is 4.90 Å². The molecule has 8 heteroatoms. The predicted molar refractivity (Wildman–Crippen MR) is 101 cm³/mol. The van der Waals surface area contributed by atoms with Crippen LogP contribution in [0.3, 0.4) is 0 Å². The average molecular weight is 364 g/mol. The molecule has 2 aromatic rings. The highest BCUT2D eigenvalue weighted by Gasteiger charge is 2.05. The Balaban J connectivity index is 1.79. The lowest BCUT2D eigenvalue weighted by Crippen LogP contribution is -2.21. The second-order valence-corrected chi connectivity index (χ2v) is 7.34. The number of amides is 1. The minimum absolute atomic E-state index is 0.163. The molecule has 0 saturated carbocycles. The molecule has 0 aliphatic rings. The smallest absolute Gasteiger partial charge is 0.250 e. The van der Waals surface area contributed by atoms with Crippen LogP contribution in [0.2, 0.25) is 0 Å². The number of anilines is 1. The van der Waals surface area contributed by atoms with E-state index < -0.39 is 0 Å². The van der Waals surface area contributed by atoms with E-state index in [1.165, 1.54) is 28.8 Å². The Morgan fingerprint density at radius 3 is 2.58 bits per heavy atom. The van der Waals surface area contributed by atoms with Crippen molar-refractivity contribution in [1.29, 1.82) is 0 Å². The first kappa shape index (κ1) is 18.4. The standard InChI is InChI=1S/C16H21N5OS2/c1-4-21(5-2)14-8-6-13(7-9-14)10-17-19-15(22)11-23-16-20-18-12(3)24-16/h6-10H,4-5,11H2,1-3H3,(H,19,22)/b17-10-. The zero-order valence-corrected chi connectivity index (χ0v) is 15.7. The SMILES string of the molecule is CCN(CC)c1ccc(/C=N\NC(=O)CSc2nnc(C)s2)cc1. The van der Waals surface area contributed by atoms with Crippen molar-refractivity contribution >= 4 is 40.9 Å². The molecule has 2 rings (SSSR count). The average Bonchev–Trinajstić information content (AvgIpc) is 3.01. The van der Waals surface area contributed by atoms with E-state index in [-0.39, 0.29) is 11.7 Å². The third kappa shape index (κ3) is 5.61. The molecule has 1 aromatic heterocycles. The van der Waals surface area contributed by atoms with Gasteiger partial charge in [0, 0.05) is 18.8 Å². The molecule has 1 aromatic carbocycles. The number of thioether (sulfide) groups is 1. The summed E-state index contributed by atoms with van der Waals surface area (Å²) >= 11 is 2.84. The Bertz CT molecular complexity index is 680. The van der Waals surface area contributed by atoms with Crippen molar-refractivity contribution in [3.63, 3.8) is 0 Å². The largest absolute Gasteiger partial charge is 0.372 e. The van der Waals surface area contributed by atoms with Gasteiger partial charge in [0.2, 0.25) is 0 Å². The summed E-state index contributed by atoms with van der Waals surface area (Å²) in [6.45, 7) is 8.11. The Labute approximate surface area is 150 Å². The molecule has 128 valence electrons. The molecule has 1 N–H and O–H groups in total. The van der Waals surface area contributed by atoms with Gasteiger partial charge in [-0.2, -0.15) is 5.10 Å². The lowest BCUT2D eigenvalue weighted by atomic mass is 10.2. The molecule has 1 amide bonds. The van der Waals surface area contributed by atoms with Gasteiger partial charge in [0.25, 0.3) is 5.91 Å². The van der Waals surface area contributed by atoms with E-state index in [0.29, 0.717) is 0 Å². The van der Waals surface area contributed by atoms with Crippen molar-refractivity contribution < 1.29 is 4.79 Å². The minimum Gasteiger partial charge on any atom is -0.372 e. The van der Waals surface area contributed by atoms with E-state index in [1.54, 1.807) is 6.21 Å². The molecule has 0 radical (unpaired) electrons. The number of carbonyl (C=O) groups excluding carboxylic acids is 1. The van der Waals surface area contributed by atoms with Gasteiger partial charge in [0.15, 0.2) is 4.34 Å². The summed E-state index contributed by atoms with van der Waals surface area (Å²) in [5.41, 5.74) is 4.65. The van der Waals surface area contributed by atoms with Gasteiger partial charge in [-0.25, -0.2) is 5.43 Å². The number of aromatic nitrogens is 2. The van der Waals surface area contributed by atoms with E-state index in [1.807, 2.05) is 19.1 Å². The molecule has 0 aliphatic carbocycles. The lowest BCUT2D eigenvalue weighted by molar-refractivity contribution is -0.118. The van der Waals surface area contributed by atoms with Gasteiger partial charge >= 0.3 is 0 Å². The monoisotopic (exact) mass is 363 g/mol. The normalized spacial score (nSPS) is 11.0. The number of nitrogens with zero attached hydrogens (tertiary/aromatic N) is 4. The number of rotatable bonds is 8. The number of nitrogens with one attached hydrogen (secondary N) is 1. The summed E-state index contributed by atoms with van der Waals surface area (Å²) < 4.78 is 0.790. The van der Waals surface area contributed by atoms with E-state index in [9.17, 15) is 4.79 Å². The first-order chi connectivity index (χ1) is 11.6. The number of benzene rings is 1. The molecule has 1 heterocycles. The Morgan fingerprint density at radius 2 is 2.00 bits per heavy atom. The fourth-order valence-corrected chi connectivity index (χ4v) is 3.64. The summed E-state index contributed by atoms with van der Waals surface area (Å²) in [6, 6.07) is 8.10. The predicted octanol–water partition coefficient (Wildman–Crippen LogP) is 2.94. The molecule has 0 bridgehead atoms. The molecule has 24 heavy (non-hydrogen) atoms. The second-order valence-electron chi connectivity index (χ2n) is 4.93. The number of hydrogen-bond donors (Lipinski definition) is 1. The summed E-state index contributed by atoms with van der Waals surface area (Å²) in [5.74, 6) is 0.108. The van der Waals surface area contributed by atoms with Crippen LogP contribution >= 0.6 is 23.1 Å². The van der Waals surface area contributed by atoms with Crippen LogP contribution < -0.4 is 10.3 Å². The number of carbonyl (C=O) groups is 1. The zero-order chi connectivity index (χ0) is 17.4. The first-order valence-corrected chi connectivity index (χ1v) is 9.52. The number of aryl methyl sites for hydroxylation is 1. The Hall–Kier alpha value is -1.93. The zero-order valence-electron chi connectivity index (χ0n) is 14.0. The third-order valence-corrected chi connectivity index (χ3v) is 5.23. The summed E-state index contributed by atoms with van der Waals surface area (Å²) in [5, 5.41) is 12.8. The van der Waals surface area contributed by atoms with Crippen LogP contribution in [0, 0.1) is 6.92 Å². The third-order valence-electron chi connectivity index (χ3n) is 3.26. The highest BCUT2D eigenvalue weighted by atomic mass is 32.2. The number of hydrazone groups is 1. The van der Waals surface area contributed by atoms with Crippen LogP contribution in [0.5, 0.6) is 0 Å². The van der Waals surface area contributed by atoms with Crippen molar-refractivity contribution in [2.75, 3.05) is 23.7 Å². The van der Waals surface area contributed by atoms with Crippen molar-refractivity contribution in [2.24, 2.45) is 5.10 Å². The maximum absolute atomic E-state index is 11.7. The van der Waals surface area contributed by atoms with Crippen molar-refractivity contribution in [3.05, 3.63) is 34.8 Å². The van der Waals surface area contributed by atoms with Gasteiger partial charge in [0.1, 0.15) is 5.01 Å². The van der Waals surface area contributed by atoms with Crippen LogP contribution in [0.15, 0.2) is 33.7 Å². The van der Waals surface area contributed by atoms with Crippen LogP contribution in [0.4, 0.5) is 5.69 Å². The summed E-state index contributed by atoms with van der Waals surface area (Å²) in [6.07, 6.45) is 1.64. The lowest BCUT2D eigenvalue weighted by Gasteiger charge is -2.20. The molecule has 0 atom stereocenters. The molecular formula is C16H21N5OS2. The molecule has 0 unspecified atom stereocenters. The maximum Gasteiger partial charge on any atom is 0.250 e. The molecule has 6 nitrogen and oxygen atoms in total. The van der Waals surface area contributed by atoms with Crippen LogP contribution in [-0.2, 0) is 4.79 Å². The van der Waals surface area contributed by atoms with Crippen molar-refractivity contribution in [3.8, 4) is 0 Å². The fraction of sp³-hybridized carbons (Fsp3) is 0.375.